The number of aromatic nitrogens is 3. The van der Waals surface area contributed by atoms with Crippen molar-refractivity contribution >= 4 is 22.2 Å². The van der Waals surface area contributed by atoms with E-state index in [1.165, 1.54) is 11.3 Å². The molecule has 0 fully saturated rings. The van der Waals surface area contributed by atoms with Crippen molar-refractivity contribution in [2.24, 2.45) is 5.73 Å². The quantitative estimate of drug-likeness (QED) is 0.444. The van der Waals surface area contributed by atoms with Crippen molar-refractivity contribution < 1.29 is 0 Å². The number of rotatable bonds is 4. The number of nitrogens with zero attached hydrogens (tertiary/aromatic N) is 2. The minimum atomic E-state index is -0.168. The van der Waals surface area contributed by atoms with Gasteiger partial charge in [-0.25, -0.2) is 9.97 Å². The molecule has 0 saturated heterocycles. The maximum absolute atomic E-state index is 12.7. The van der Waals surface area contributed by atoms with Gasteiger partial charge in [0.1, 0.15) is 0 Å². The Balaban J connectivity index is 1.85. The van der Waals surface area contributed by atoms with Gasteiger partial charge in [-0.1, -0.05) is 54.6 Å². The van der Waals surface area contributed by atoms with Crippen molar-refractivity contribution in [1.29, 1.82) is 0 Å². The fraction of sp³-hybridized carbons (Fsp3) is 0.0417. The molecule has 0 bridgehead atoms. The Morgan fingerprint density at radius 2 is 1.77 bits per heavy atom. The highest BCUT2D eigenvalue weighted by molar-refractivity contribution is 7.07. The molecule has 0 aliphatic rings. The topological polar surface area (TPSA) is 84.7 Å². The molecular weight excluding hydrogens is 392 g/mol. The van der Waals surface area contributed by atoms with Crippen molar-refractivity contribution in [3.63, 3.8) is 0 Å². The first kappa shape index (κ1) is 18.4. The molecular formula is C24H18N4OS. The highest BCUT2D eigenvalue weighted by Crippen LogP contribution is 2.35. The molecule has 0 spiro atoms. The third kappa shape index (κ3) is 3.22. The van der Waals surface area contributed by atoms with E-state index in [9.17, 15) is 4.79 Å². The average Bonchev–Trinajstić information content (AvgIpc) is 3.34. The summed E-state index contributed by atoms with van der Waals surface area (Å²) in [6, 6.07) is 20.0. The molecule has 5 rings (SSSR count). The van der Waals surface area contributed by atoms with Gasteiger partial charge in [-0.2, -0.15) is 0 Å². The van der Waals surface area contributed by atoms with E-state index >= 15 is 0 Å². The predicted octanol–water partition coefficient (Wildman–Crippen LogP) is 4.84. The monoisotopic (exact) mass is 410 g/mol. The molecule has 3 heterocycles. The third-order valence-corrected chi connectivity index (χ3v) is 5.71. The number of benzene rings is 2. The number of aromatic amines is 1. The van der Waals surface area contributed by atoms with Crippen molar-refractivity contribution in [3.05, 3.63) is 93.7 Å². The number of hydrogen-bond donors (Lipinski definition) is 2. The van der Waals surface area contributed by atoms with E-state index in [1.807, 2.05) is 66.0 Å². The van der Waals surface area contributed by atoms with Crippen LogP contribution in [0.1, 0.15) is 5.56 Å². The van der Waals surface area contributed by atoms with Crippen LogP contribution in [0.2, 0.25) is 0 Å². The summed E-state index contributed by atoms with van der Waals surface area (Å²) in [5, 5.41) is 2.50. The molecule has 5 nitrogen and oxygen atoms in total. The average molecular weight is 411 g/mol. The van der Waals surface area contributed by atoms with Crippen LogP contribution in [0, 0.1) is 0 Å². The van der Waals surface area contributed by atoms with Crippen molar-refractivity contribution in [3.8, 4) is 33.6 Å². The summed E-state index contributed by atoms with van der Waals surface area (Å²) in [7, 11) is 0. The van der Waals surface area contributed by atoms with Gasteiger partial charge in [0.15, 0.2) is 0 Å². The lowest BCUT2D eigenvalue weighted by Crippen LogP contribution is -2.08. The SMILES string of the molecule is NCc1ccc(-c2nc3c(-c4cscn4)c[nH]c(=O)c3cc2-c2ccccc2)cc1. The Bertz CT molecular complexity index is 1380. The fourth-order valence-corrected chi connectivity index (χ4v) is 4.12. The van der Waals surface area contributed by atoms with Crippen LogP contribution in [0.4, 0.5) is 0 Å². The first-order chi connectivity index (χ1) is 14.7. The number of fused-ring (bicyclic) bond motifs is 1. The van der Waals surface area contributed by atoms with Crippen LogP contribution in [0.15, 0.2) is 82.5 Å². The molecule has 0 saturated carbocycles. The van der Waals surface area contributed by atoms with Gasteiger partial charge in [-0.3, -0.25) is 4.79 Å². The van der Waals surface area contributed by atoms with Gasteiger partial charge in [-0.05, 0) is 17.2 Å². The van der Waals surface area contributed by atoms with Gasteiger partial charge in [-0.15, -0.1) is 11.3 Å². The summed E-state index contributed by atoms with van der Waals surface area (Å²) >= 11 is 1.51. The Hall–Kier alpha value is -3.61. The summed E-state index contributed by atoms with van der Waals surface area (Å²) in [6.07, 6.45) is 1.69. The first-order valence-electron chi connectivity index (χ1n) is 9.54. The molecule has 3 N–H and O–H groups in total. The predicted molar refractivity (Wildman–Crippen MR) is 122 cm³/mol. The molecule has 0 amide bonds. The van der Waals surface area contributed by atoms with E-state index in [-0.39, 0.29) is 5.56 Å². The van der Waals surface area contributed by atoms with E-state index in [0.717, 1.165) is 39.2 Å². The number of nitrogens with two attached hydrogens (primary N) is 1. The zero-order valence-corrected chi connectivity index (χ0v) is 16.8. The molecule has 146 valence electrons. The maximum atomic E-state index is 12.7. The Morgan fingerprint density at radius 1 is 0.967 bits per heavy atom. The van der Waals surface area contributed by atoms with Crippen LogP contribution in [0.3, 0.4) is 0 Å². The van der Waals surface area contributed by atoms with E-state index in [2.05, 4.69) is 9.97 Å². The van der Waals surface area contributed by atoms with Gasteiger partial charge in [0, 0.05) is 34.8 Å². The smallest absolute Gasteiger partial charge is 0.257 e. The molecule has 30 heavy (non-hydrogen) atoms. The second-order valence-corrected chi connectivity index (χ2v) is 7.67. The van der Waals surface area contributed by atoms with Crippen molar-refractivity contribution in [2.45, 2.75) is 6.54 Å². The standard InChI is InChI=1S/C24H18N4OS/c25-11-15-6-8-17(9-7-15)22-18(16-4-2-1-3-5-16)10-19-23(28-22)20(12-26-24(19)29)21-13-30-14-27-21/h1-10,12-14H,11,25H2,(H,26,29). The molecule has 0 aliphatic carbocycles. The number of hydrogen-bond acceptors (Lipinski definition) is 5. The Kier molecular flexibility index (Phi) is 4.71. The number of pyridine rings is 2. The molecule has 2 aromatic carbocycles. The highest BCUT2D eigenvalue weighted by Gasteiger charge is 2.16. The van der Waals surface area contributed by atoms with Crippen LogP contribution in [-0.2, 0) is 6.54 Å². The van der Waals surface area contributed by atoms with E-state index < -0.39 is 0 Å². The van der Waals surface area contributed by atoms with Gasteiger partial charge in [0.2, 0.25) is 0 Å². The minimum Gasteiger partial charge on any atom is -0.328 e. The first-order valence-corrected chi connectivity index (χ1v) is 10.5. The number of thiazole rings is 1. The summed E-state index contributed by atoms with van der Waals surface area (Å²) in [6.45, 7) is 0.486. The van der Waals surface area contributed by atoms with Crippen LogP contribution >= 0.6 is 11.3 Å². The second kappa shape index (κ2) is 7.67. The van der Waals surface area contributed by atoms with E-state index in [4.69, 9.17) is 10.7 Å². The van der Waals surface area contributed by atoms with Crippen LogP contribution in [0.5, 0.6) is 0 Å². The molecule has 6 heteroatoms. The van der Waals surface area contributed by atoms with E-state index in [0.29, 0.717) is 17.4 Å². The number of nitrogens with one attached hydrogen (secondary N) is 1. The lowest BCUT2D eigenvalue weighted by atomic mass is 9.96. The fourth-order valence-electron chi connectivity index (χ4n) is 3.57. The largest absolute Gasteiger partial charge is 0.328 e. The van der Waals surface area contributed by atoms with Gasteiger partial charge < -0.3 is 10.7 Å². The zero-order chi connectivity index (χ0) is 20.5. The summed E-state index contributed by atoms with van der Waals surface area (Å²) in [5.74, 6) is 0. The lowest BCUT2D eigenvalue weighted by molar-refractivity contribution is 1.07. The minimum absolute atomic E-state index is 0.168. The van der Waals surface area contributed by atoms with Gasteiger partial charge in [0.05, 0.1) is 27.8 Å². The second-order valence-electron chi connectivity index (χ2n) is 6.95. The molecule has 0 unspecified atom stereocenters. The zero-order valence-electron chi connectivity index (χ0n) is 16.0. The molecule has 0 atom stereocenters. The normalized spacial score (nSPS) is 11.1. The highest BCUT2D eigenvalue weighted by atomic mass is 32.1. The Labute approximate surface area is 176 Å². The third-order valence-electron chi connectivity index (χ3n) is 5.13. The molecule has 5 aromatic rings. The van der Waals surface area contributed by atoms with E-state index in [1.54, 1.807) is 11.7 Å². The van der Waals surface area contributed by atoms with Crippen LogP contribution in [-0.4, -0.2) is 15.0 Å². The van der Waals surface area contributed by atoms with Gasteiger partial charge >= 0.3 is 0 Å². The van der Waals surface area contributed by atoms with Crippen molar-refractivity contribution in [1.82, 2.24) is 15.0 Å². The summed E-state index contributed by atoms with van der Waals surface area (Å²) in [5.41, 5.74) is 14.4. The Morgan fingerprint density at radius 3 is 2.47 bits per heavy atom. The lowest BCUT2D eigenvalue weighted by Gasteiger charge is -2.13. The molecule has 0 radical (unpaired) electrons. The molecule has 3 aromatic heterocycles. The van der Waals surface area contributed by atoms with Gasteiger partial charge in [0.25, 0.3) is 5.56 Å². The summed E-state index contributed by atoms with van der Waals surface area (Å²) < 4.78 is 0. The van der Waals surface area contributed by atoms with Crippen LogP contribution < -0.4 is 11.3 Å². The van der Waals surface area contributed by atoms with Crippen molar-refractivity contribution in [2.75, 3.05) is 0 Å². The van der Waals surface area contributed by atoms with Crippen LogP contribution in [0.25, 0.3) is 44.5 Å². The maximum Gasteiger partial charge on any atom is 0.257 e. The summed E-state index contributed by atoms with van der Waals surface area (Å²) in [4.78, 5) is 24.9. The number of H-pyrrole nitrogens is 1. The molecule has 0 aliphatic heterocycles.